The Morgan fingerprint density at radius 2 is 2.25 bits per heavy atom. The van der Waals surface area contributed by atoms with Crippen LogP contribution >= 0.6 is 0 Å². The van der Waals surface area contributed by atoms with Crippen molar-refractivity contribution < 1.29 is 13.9 Å². The highest BCUT2D eigenvalue weighted by Gasteiger charge is 2.02. The number of ether oxygens (including phenoxy) is 1. The van der Waals surface area contributed by atoms with E-state index >= 15 is 0 Å². The molecule has 0 atom stereocenters. The molecule has 0 aliphatic heterocycles. The zero-order valence-electron chi connectivity index (χ0n) is 11.9. The standard InChI is InChI=1S/C13H22N4O3/c1-3-14-13(16-9-11-5-4-7-20-11)17-10-12(18)15-6-8-19-2/h4-5,7H,3,6,8-10H2,1-2H3,(H,15,18)(H2,14,16,17). The number of guanidine groups is 1. The molecule has 3 N–H and O–H groups in total. The van der Waals surface area contributed by atoms with E-state index in [1.54, 1.807) is 13.4 Å². The molecule has 0 aromatic carbocycles. The molecule has 0 unspecified atom stereocenters. The summed E-state index contributed by atoms with van der Waals surface area (Å²) in [7, 11) is 1.59. The molecule has 0 bridgehead atoms. The Kier molecular flexibility index (Phi) is 7.90. The van der Waals surface area contributed by atoms with Gasteiger partial charge in [0.25, 0.3) is 0 Å². The third kappa shape index (κ3) is 6.79. The van der Waals surface area contributed by atoms with Crippen LogP contribution in [0.5, 0.6) is 0 Å². The van der Waals surface area contributed by atoms with Crippen molar-refractivity contribution in [3.05, 3.63) is 24.2 Å². The molecule has 7 nitrogen and oxygen atoms in total. The van der Waals surface area contributed by atoms with Gasteiger partial charge in [-0.25, -0.2) is 4.99 Å². The van der Waals surface area contributed by atoms with Crippen molar-refractivity contribution in [2.45, 2.75) is 13.5 Å². The molecule has 20 heavy (non-hydrogen) atoms. The Hall–Kier alpha value is -2.02. The first-order valence-corrected chi connectivity index (χ1v) is 6.56. The Morgan fingerprint density at radius 3 is 2.90 bits per heavy atom. The molecule has 0 saturated carbocycles. The van der Waals surface area contributed by atoms with Gasteiger partial charge in [-0.3, -0.25) is 4.79 Å². The lowest BCUT2D eigenvalue weighted by Crippen LogP contribution is -2.38. The molecule has 0 aliphatic rings. The van der Waals surface area contributed by atoms with Crippen molar-refractivity contribution in [2.75, 3.05) is 33.4 Å². The molecule has 0 spiro atoms. The minimum atomic E-state index is -0.141. The number of hydrogen-bond donors (Lipinski definition) is 3. The smallest absolute Gasteiger partial charge is 0.241 e. The van der Waals surface area contributed by atoms with Gasteiger partial charge >= 0.3 is 0 Å². The van der Waals surface area contributed by atoms with Crippen LogP contribution < -0.4 is 16.0 Å². The summed E-state index contributed by atoms with van der Waals surface area (Å²) in [6, 6.07) is 3.69. The van der Waals surface area contributed by atoms with Crippen molar-refractivity contribution in [3.63, 3.8) is 0 Å². The maximum Gasteiger partial charge on any atom is 0.241 e. The SMILES string of the molecule is CCNC(=NCC(=O)NCCOC)NCc1ccco1. The van der Waals surface area contributed by atoms with Gasteiger partial charge in [-0.2, -0.15) is 0 Å². The minimum absolute atomic E-state index is 0.0667. The fourth-order valence-electron chi connectivity index (χ4n) is 1.43. The van der Waals surface area contributed by atoms with E-state index in [1.807, 2.05) is 19.1 Å². The maximum atomic E-state index is 11.5. The number of amides is 1. The first-order chi connectivity index (χ1) is 9.76. The van der Waals surface area contributed by atoms with Gasteiger partial charge in [0.1, 0.15) is 12.3 Å². The van der Waals surface area contributed by atoms with Crippen LogP contribution in [0.4, 0.5) is 0 Å². The van der Waals surface area contributed by atoms with E-state index in [1.165, 1.54) is 0 Å². The lowest BCUT2D eigenvalue weighted by atomic mass is 10.4. The number of aliphatic imine (C=N–C) groups is 1. The van der Waals surface area contributed by atoms with E-state index in [2.05, 4.69) is 20.9 Å². The molecule has 1 amide bonds. The van der Waals surface area contributed by atoms with Gasteiger partial charge in [0.2, 0.25) is 5.91 Å². The number of carbonyl (C=O) groups is 1. The molecule has 1 aromatic heterocycles. The van der Waals surface area contributed by atoms with Gasteiger partial charge in [0.05, 0.1) is 19.4 Å². The number of rotatable bonds is 8. The van der Waals surface area contributed by atoms with Crippen LogP contribution in [-0.4, -0.2) is 45.2 Å². The van der Waals surface area contributed by atoms with E-state index in [9.17, 15) is 4.79 Å². The normalized spacial score (nSPS) is 11.2. The highest BCUT2D eigenvalue weighted by molar-refractivity contribution is 5.84. The highest BCUT2D eigenvalue weighted by atomic mass is 16.5. The molecule has 1 heterocycles. The first-order valence-electron chi connectivity index (χ1n) is 6.56. The summed E-state index contributed by atoms with van der Waals surface area (Å²) in [5.41, 5.74) is 0. The zero-order chi connectivity index (χ0) is 14.6. The van der Waals surface area contributed by atoms with Crippen molar-refractivity contribution >= 4 is 11.9 Å². The second kappa shape index (κ2) is 9.85. The Bertz CT molecular complexity index is 404. The van der Waals surface area contributed by atoms with Crippen LogP contribution in [0.3, 0.4) is 0 Å². The molecular weight excluding hydrogens is 260 g/mol. The molecule has 112 valence electrons. The van der Waals surface area contributed by atoms with Gasteiger partial charge in [-0.05, 0) is 19.1 Å². The number of methoxy groups -OCH3 is 1. The van der Waals surface area contributed by atoms with E-state index in [4.69, 9.17) is 9.15 Å². The zero-order valence-corrected chi connectivity index (χ0v) is 11.9. The van der Waals surface area contributed by atoms with Crippen LogP contribution in [0, 0.1) is 0 Å². The average Bonchev–Trinajstić information content (AvgIpc) is 2.95. The second-order valence-electron chi connectivity index (χ2n) is 3.97. The molecule has 7 heteroatoms. The lowest BCUT2D eigenvalue weighted by molar-refractivity contribution is -0.119. The van der Waals surface area contributed by atoms with Gasteiger partial charge in [0.15, 0.2) is 5.96 Å². The fraction of sp³-hybridized carbons (Fsp3) is 0.538. The summed E-state index contributed by atoms with van der Waals surface area (Å²) in [5, 5.41) is 8.85. The Labute approximate surface area is 118 Å². The summed E-state index contributed by atoms with van der Waals surface area (Å²) < 4.78 is 10.1. The average molecular weight is 282 g/mol. The van der Waals surface area contributed by atoms with Crippen molar-refractivity contribution in [3.8, 4) is 0 Å². The van der Waals surface area contributed by atoms with E-state index in [0.717, 1.165) is 12.3 Å². The lowest BCUT2D eigenvalue weighted by Gasteiger charge is -2.10. The van der Waals surface area contributed by atoms with Crippen molar-refractivity contribution in [1.29, 1.82) is 0 Å². The summed E-state index contributed by atoms with van der Waals surface area (Å²) in [6.07, 6.45) is 1.62. The van der Waals surface area contributed by atoms with Crippen molar-refractivity contribution in [1.82, 2.24) is 16.0 Å². The molecule has 1 rings (SSSR count). The third-order valence-corrected chi connectivity index (χ3v) is 2.36. The quantitative estimate of drug-likeness (QED) is 0.357. The maximum absolute atomic E-state index is 11.5. The Morgan fingerprint density at radius 1 is 1.40 bits per heavy atom. The number of nitrogens with one attached hydrogen (secondary N) is 3. The number of carbonyl (C=O) groups excluding carboxylic acids is 1. The molecule has 0 saturated heterocycles. The number of furan rings is 1. The number of hydrogen-bond acceptors (Lipinski definition) is 4. The topological polar surface area (TPSA) is 87.9 Å². The molecule has 0 radical (unpaired) electrons. The summed E-state index contributed by atoms with van der Waals surface area (Å²) in [4.78, 5) is 15.7. The van der Waals surface area contributed by atoms with Crippen LogP contribution in [-0.2, 0) is 16.1 Å². The predicted octanol–water partition coefficient (Wildman–Crippen LogP) is 0.0973. The Balaban J connectivity index is 2.35. The third-order valence-electron chi connectivity index (χ3n) is 2.36. The summed E-state index contributed by atoms with van der Waals surface area (Å²) >= 11 is 0. The molecular formula is C13H22N4O3. The highest BCUT2D eigenvalue weighted by Crippen LogP contribution is 1.98. The monoisotopic (exact) mass is 282 g/mol. The van der Waals surface area contributed by atoms with Gasteiger partial charge in [-0.1, -0.05) is 0 Å². The van der Waals surface area contributed by atoms with Crippen LogP contribution in [0.15, 0.2) is 27.8 Å². The molecule has 0 aliphatic carbocycles. The summed E-state index contributed by atoms with van der Waals surface area (Å²) in [6.45, 7) is 4.24. The van der Waals surface area contributed by atoms with Crippen LogP contribution in [0.25, 0.3) is 0 Å². The van der Waals surface area contributed by atoms with Gasteiger partial charge in [0, 0.05) is 20.2 Å². The minimum Gasteiger partial charge on any atom is -0.467 e. The van der Waals surface area contributed by atoms with E-state index in [-0.39, 0.29) is 12.5 Å². The van der Waals surface area contributed by atoms with Crippen LogP contribution in [0.1, 0.15) is 12.7 Å². The fourth-order valence-corrected chi connectivity index (χ4v) is 1.43. The van der Waals surface area contributed by atoms with E-state index < -0.39 is 0 Å². The summed E-state index contributed by atoms with van der Waals surface area (Å²) in [5.74, 6) is 1.24. The van der Waals surface area contributed by atoms with Gasteiger partial charge < -0.3 is 25.1 Å². The molecule has 1 aromatic rings. The second-order valence-corrected chi connectivity index (χ2v) is 3.97. The first kappa shape index (κ1) is 16.0. The van der Waals surface area contributed by atoms with Crippen LogP contribution in [0.2, 0.25) is 0 Å². The van der Waals surface area contributed by atoms with Gasteiger partial charge in [-0.15, -0.1) is 0 Å². The molecule has 0 fully saturated rings. The number of nitrogens with zero attached hydrogens (tertiary/aromatic N) is 1. The van der Waals surface area contributed by atoms with E-state index in [0.29, 0.717) is 25.7 Å². The largest absolute Gasteiger partial charge is 0.467 e. The van der Waals surface area contributed by atoms with Crippen molar-refractivity contribution in [2.24, 2.45) is 4.99 Å². The predicted molar refractivity (Wildman–Crippen MR) is 76.4 cm³/mol.